The van der Waals surface area contributed by atoms with E-state index in [1.165, 1.54) is 17.5 Å². The predicted octanol–water partition coefficient (Wildman–Crippen LogP) is 1.92. The molecule has 1 aliphatic heterocycles. The maximum Gasteiger partial charge on any atom is 0.222 e. The molecule has 5 heteroatoms. The molecule has 120 valence electrons. The second kappa shape index (κ2) is 5.81. The number of benzene rings is 1. The van der Waals surface area contributed by atoms with Gasteiger partial charge in [-0.3, -0.25) is 0 Å². The van der Waals surface area contributed by atoms with E-state index in [1.807, 2.05) is 0 Å². The van der Waals surface area contributed by atoms with Crippen LogP contribution in [0.25, 0.3) is 0 Å². The van der Waals surface area contributed by atoms with Gasteiger partial charge in [-0.15, -0.1) is 0 Å². The van der Waals surface area contributed by atoms with Crippen LogP contribution >= 0.6 is 0 Å². The molecule has 1 atom stereocenters. The summed E-state index contributed by atoms with van der Waals surface area (Å²) in [5.74, 6) is 2.33. The van der Waals surface area contributed by atoms with Crippen LogP contribution in [0.4, 0.5) is 11.8 Å². The lowest BCUT2D eigenvalue weighted by Crippen LogP contribution is -2.51. The molecule has 1 aromatic heterocycles. The van der Waals surface area contributed by atoms with Crippen molar-refractivity contribution in [1.82, 2.24) is 9.97 Å². The first-order valence-corrected chi connectivity index (χ1v) is 8.42. The Balaban J connectivity index is 1.73. The zero-order chi connectivity index (χ0) is 15.8. The number of nitrogens with two attached hydrogens (primary N) is 2. The van der Waals surface area contributed by atoms with Gasteiger partial charge in [-0.05, 0) is 31.4 Å². The summed E-state index contributed by atoms with van der Waals surface area (Å²) in [5, 5.41) is 0. The topological polar surface area (TPSA) is 81.1 Å². The maximum absolute atomic E-state index is 6.03. The van der Waals surface area contributed by atoms with Gasteiger partial charge in [-0.1, -0.05) is 30.3 Å². The van der Waals surface area contributed by atoms with Gasteiger partial charge in [0.2, 0.25) is 5.95 Å². The fourth-order valence-electron chi connectivity index (χ4n) is 3.82. The molecule has 0 amide bonds. The molecule has 5 nitrogen and oxygen atoms in total. The Labute approximate surface area is 136 Å². The van der Waals surface area contributed by atoms with E-state index in [1.54, 1.807) is 0 Å². The second-order valence-corrected chi connectivity index (χ2v) is 6.63. The van der Waals surface area contributed by atoms with Gasteiger partial charge in [0, 0.05) is 30.5 Å². The van der Waals surface area contributed by atoms with Crippen LogP contribution in [-0.2, 0) is 6.42 Å². The Bertz CT molecular complexity index is 694. The van der Waals surface area contributed by atoms with Crippen LogP contribution in [0.15, 0.2) is 30.3 Å². The van der Waals surface area contributed by atoms with Gasteiger partial charge in [-0.2, -0.15) is 4.98 Å². The molecular weight excluding hydrogens is 286 g/mol. The van der Waals surface area contributed by atoms with Gasteiger partial charge in [0.15, 0.2) is 0 Å². The Morgan fingerprint density at radius 1 is 1.13 bits per heavy atom. The summed E-state index contributed by atoms with van der Waals surface area (Å²) in [6, 6.07) is 10.6. The van der Waals surface area contributed by atoms with E-state index in [9.17, 15) is 0 Å². The molecule has 4 rings (SSSR count). The number of hydrogen-bond acceptors (Lipinski definition) is 5. The van der Waals surface area contributed by atoms with Crippen molar-refractivity contribution in [2.45, 2.75) is 25.2 Å². The van der Waals surface area contributed by atoms with Crippen molar-refractivity contribution < 1.29 is 0 Å². The number of rotatable bonds is 3. The summed E-state index contributed by atoms with van der Waals surface area (Å²) >= 11 is 0. The molecule has 1 saturated heterocycles. The molecule has 1 unspecified atom stereocenters. The standard InChI is InChI=1S/C18H23N5/c19-9-12-10-23(11-12)17-15-8-4-7-14(13-5-2-1-3-6-13)16(15)21-18(20)22-17/h1-3,5-6,12,14H,4,7-11,19H2,(H2,20,21,22). The monoisotopic (exact) mass is 309 g/mol. The van der Waals surface area contributed by atoms with E-state index < -0.39 is 0 Å². The minimum atomic E-state index is 0.329. The summed E-state index contributed by atoms with van der Waals surface area (Å²) < 4.78 is 0. The van der Waals surface area contributed by atoms with Crippen LogP contribution in [0, 0.1) is 5.92 Å². The average Bonchev–Trinajstić information content (AvgIpc) is 2.54. The maximum atomic E-state index is 6.03. The van der Waals surface area contributed by atoms with Crippen molar-refractivity contribution >= 4 is 11.8 Å². The van der Waals surface area contributed by atoms with E-state index in [4.69, 9.17) is 11.5 Å². The molecule has 0 radical (unpaired) electrons. The molecule has 1 aromatic carbocycles. The molecule has 0 saturated carbocycles. The number of aromatic nitrogens is 2. The molecule has 1 aliphatic carbocycles. The van der Waals surface area contributed by atoms with Gasteiger partial charge in [0.1, 0.15) is 5.82 Å². The van der Waals surface area contributed by atoms with Gasteiger partial charge >= 0.3 is 0 Å². The highest BCUT2D eigenvalue weighted by molar-refractivity contribution is 5.56. The van der Waals surface area contributed by atoms with E-state index in [0.717, 1.165) is 44.0 Å². The predicted molar refractivity (Wildman–Crippen MR) is 92.4 cm³/mol. The van der Waals surface area contributed by atoms with E-state index in [2.05, 4.69) is 45.2 Å². The Morgan fingerprint density at radius 2 is 1.91 bits per heavy atom. The minimum Gasteiger partial charge on any atom is -0.368 e. The Hall–Kier alpha value is -2.14. The van der Waals surface area contributed by atoms with Crippen molar-refractivity contribution in [2.75, 3.05) is 30.3 Å². The molecular formula is C18H23N5. The molecule has 1 fully saturated rings. The molecule has 2 aromatic rings. The lowest BCUT2D eigenvalue weighted by molar-refractivity contribution is 0.414. The first-order valence-electron chi connectivity index (χ1n) is 8.42. The largest absolute Gasteiger partial charge is 0.368 e. The van der Waals surface area contributed by atoms with Gasteiger partial charge in [-0.25, -0.2) is 4.98 Å². The van der Waals surface area contributed by atoms with Crippen molar-refractivity contribution in [3.05, 3.63) is 47.2 Å². The average molecular weight is 309 g/mol. The molecule has 0 bridgehead atoms. The summed E-state index contributed by atoms with van der Waals surface area (Å²) in [5.41, 5.74) is 15.5. The van der Waals surface area contributed by atoms with Crippen molar-refractivity contribution in [3.63, 3.8) is 0 Å². The highest BCUT2D eigenvalue weighted by Crippen LogP contribution is 2.40. The first-order chi connectivity index (χ1) is 11.3. The third-order valence-electron chi connectivity index (χ3n) is 5.08. The normalized spacial score (nSPS) is 20.9. The number of nitrogen functional groups attached to an aromatic ring is 1. The number of anilines is 2. The van der Waals surface area contributed by atoms with Crippen LogP contribution in [0.1, 0.15) is 35.6 Å². The highest BCUT2D eigenvalue weighted by atomic mass is 15.3. The highest BCUT2D eigenvalue weighted by Gasteiger charge is 2.33. The van der Waals surface area contributed by atoms with Gasteiger partial charge in [0.05, 0.1) is 5.69 Å². The summed E-state index contributed by atoms with van der Waals surface area (Å²) in [4.78, 5) is 11.5. The molecule has 4 N–H and O–H groups in total. The molecule has 23 heavy (non-hydrogen) atoms. The number of nitrogens with zero attached hydrogens (tertiary/aromatic N) is 3. The fourth-order valence-corrected chi connectivity index (χ4v) is 3.82. The Morgan fingerprint density at radius 3 is 2.65 bits per heavy atom. The van der Waals surface area contributed by atoms with Crippen LogP contribution < -0.4 is 16.4 Å². The minimum absolute atomic E-state index is 0.329. The van der Waals surface area contributed by atoms with Gasteiger partial charge < -0.3 is 16.4 Å². The van der Waals surface area contributed by atoms with Gasteiger partial charge in [0.25, 0.3) is 0 Å². The quantitative estimate of drug-likeness (QED) is 0.905. The first kappa shape index (κ1) is 14.5. The van der Waals surface area contributed by atoms with Crippen LogP contribution in [-0.4, -0.2) is 29.6 Å². The summed E-state index contributed by atoms with van der Waals surface area (Å²) in [7, 11) is 0. The third kappa shape index (κ3) is 2.55. The number of hydrogen-bond donors (Lipinski definition) is 2. The SMILES string of the molecule is NCC1CN(c2nc(N)nc3c2CCCC3c2ccccc2)C1. The van der Waals surface area contributed by atoms with Crippen LogP contribution in [0.5, 0.6) is 0 Å². The lowest BCUT2D eigenvalue weighted by Gasteiger charge is -2.41. The zero-order valence-corrected chi connectivity index (χ0v) is 13.3. The number of fused-ring (bicyclic) bond motifs is 1. The smallest absolute Gasteiger partial charge is 0.222 e. The van der Waals surface area contributed by atoms with Crippen molar-refractivity contribution in [2.24, 2.45) is 11.7 Å². The fraction of sp³-hybridized carbons (Fsp3) is 0.444. The van der Waals surface area contributed by atoms with E-state index in [0.29, 0.717) is 17.8 Å². The summed E-state index contributed by atoms with van der Waals surface area (Å²) in [6.45, 7) is 2.71. The molecule has 2 aliphatic rings. The zero-order valence-electron chi connectivity index (χ0n) is 13.3. The van der Waals surface area contributed by atoms with Crippen LogP contribution in [0.2, 0.25) is 0 Å². The summed E-state index contributed by atoms with van der Waals surface area (Å²) in [6.07, 6.45) is 3.33. The lowest BCUT2D eigenvalue weighted by atomic mass is 9.82. The molecule has 2 heterocycles. The van der Waals surface area contributed by atoms with E-state index in [-0.39, 0.29) is 0 Å². The second-order valence-electron chi connectivity index (χ2n) is 6.63. The molecule has 0 spiro atoms. The van der Waals surface area contributed by atoms with Crippen molar-refractivity contribution in [3.8, 4) is 0 Å². The van der Waals surface area contributed by atoms with E-state index >= 15 is 0 Å². The van der Waals surface area contributed by atoms with Crippen LogP contribution in [0.3, 0.4) is 0 Å². The Kier molecular flexibility index (Phi) is 3.65. The van der Waals surface area contributed by atoms with Crippen molar-refractivity contribution in [1.29, 1.82) is 0 Å². The third-order valence-corrected chi connectivity index (χ3v) is 5.08.